The fraction of sp³-hybridized carbons (Fsp3) is 0.533. The van der Waals surface area contributed by atoms with Crippen LogP contribution in [0, 0.1) is 0 Å². The highest BCUT2D eigenvalue weighted by atomic mass is 16.5. The molecule has 2 N–H and O–H groups in total. The molecule has 106 valence electrons. The van der Waals surface area contributed by atoms with Crippen molar-refractivity contribution in [3.63, 3.8) is 0 Å². The van der Waals surface area contributed by atoms with Crippen LogP contribution in [0.4, 0.5) is 0 Å². The second-order valence-corrected chi connectivity index (χ2v) is 4.88. The number of likely N-dealkylation sites (N-methyl/N-ethyl adjacent to an activating group) is 1. The van der Waals surface area contributed by atoms with Crippen molar-refractivity contribution in [1.29, 1.82) is 0 Å². The fourth-order valence-electron chi connectivity index (χ4n) is 1.92. The number of carbonyl (C=O) groups is 1. The molecule has 0 aliphatic rings. The number of aryl methyl sites for hydroxylation is 1. The third-order valence-electron chi connectivity index (χ3n) is 3.32. The number of hydrogen-bond donors (Lipinski definition) is 1. The first kappa shape index (κ1) is 15.7. The van der Waals surface area contributed by atoms with Gasteiger partial charge in [0.25, 0.3) is 0 Å². The van der Waals surface area contributed by atoms with Gasteiger partial charge in [0.05, 0.1) is 18.7 Å². The summed E-state index contributed by atoms with van der Waals surface area (Å²) >= 11 is 0. The van der Waals surface area contributed by atoms with Crippen LogP contribution in [0.5, 0.6) is 0 Å². The second kappa shape index (κ2) is 7.92. The molecule has 1 amide bonds. The van der Waals surface area contributed by atoms with Crippen molar-refractivity contribution >= 4 is 5.91 Å². The molecule has 0 radical (unpaired) electrons. The average molecular weight is 264 g/mol. The normalized spacial score (nSPS) is 13.9. The standard InChI is InChI=1S/C15H24N2O2/c1-12(11-19-3)17(2)15(18)14(16)10-9-13-7-5-4-6-8-13/h4-8,12,14H,9-11,16H2,1-3H3. The summed E-state index contributed by atoms with van der Waals surface area (Å²) in [4.78, 5) is 13.8. The Morgan fingerprint density at radius 2 is 2.00 bits per heavy atom. The number of amides is 1. The van der Waals surface area contributed by atoms with Gasteiger partial charge in [-0.25, -0.2) is 0 Å². The molecule has 1 aromatic rings. The summed E-state index contributed by atoms with van der Waals surface area (Å²) in [6, 6.07) is 9.66. The van der Waals surface area contributed by atoms with E-state index in [0.29, 0.717) is 13.0 Å². The minimum Gasteiger partial charge on any atom is -0.383 e. The predicted octanol–water partition coefficient (Wildman–Crippen LogP) is 1.44. The van der Waals surface area contributed by atoms with Crippen molar-refractivity contribution in [1.82, 2.24) is 4.90 Å². The van der Waals surface area contributed by atoms with Crippen molar-refractivity contribution < 1.29 is 9.53 Å². The monoisotopic (exact) mass is 264 g/mol. The van der Waals surface area contributed by atoms with Gasteiger partial charge in [-0.3, -0.25) is 4.79 Å². The lowest BCUT2D eigenvalue weighted by atomic mass is 10.0. The van der Waals surface area contributed by atoms with Gasteiger partial charge in [0.1, 0.15) is 0 Å². The molecule has 0 aliphatic carbocycles. The van der Waals surface area contributed by atoms with Crippen LogP contribution in [-0.2, 0) is 16.0 Å². The number of nitrogens with two attached hydrogens (primary N) is 1. The fourth-order valence-corrected chi connectivity index (χ4v) is 1.92. The quantitative estimate of drug-likeness (QED) is 0.810. The van der Waals surface area contributed by atoms with Crippen LogP contribution in [0.2, 0.25) is 0 Å². The molecular weight excluding hydrogens is 240 g/mol. The van der Waals surface area contributed by atoms with E-state index >= 15 is 0 Å². The topological polar surface area (TPSA) is 55.6 Å². The first-order valence-corrected chi connectivity index (χ1v) is 6.61. The number of hydrogen-bond acceptors (Lipinski definition) is 3. The van der Waals surface area contributed by atoms with E-state index in [1.54, 1.807) is 19.1 Å². The number of carbonyl (C=O) groups excluding carboxylic acids is 1. The average Bonchev–Trinajstić information content (AvgIpc) is 2.44. The van der Waals surface area contributed by atoms with E-state index in [1.807, 2.05) is 25.1 Å². The second-order valence-electron chi connectivity index (χ2n) is 4.88. The first-order valence-electron chi connectivity index (χ1n) is 6.61. The van der Waals surface area contributed by atoms with Gasteiger partial charge in [0, 0.05) is 14.2 Å². The summed E-state index contributed by atoms with van der Waals surface area (Å²) < 4.78 is 5.05. The van der Waals surface area contributed by atoms with Crippen molar-refractivity contribution in [2.75, 3.05) is 20.8 Å². The molecule has 2 unspecified atom stereocenters. The molecule has 1 aromatic carbocycles. The molecule has 4 nitrogen and oxygen atoms in total. The van der Waals surface area contributed by atoms with E-state index in [2.05, 4.69) is 12.1 Å². The molecule has 0 fully saturated rings. The molecular formula is C15H24N2O2. The molecule has 19 heavy (non-hydrogen) atoms. The predicted molar refractivity (Wildman–Crippen MR) is 76.8 cm³/mol. The maximum atomic E-state index is 12.1. The summed E-state index contributed by atoms with van der Waals surface area (Å²) in [6.45, 7) is 2.47. The Labute approximate surface area is 115 Å². The van der Waals surface area contributed by atoms with Crippen LogP contribution in [-0.4, -0.2) is 43.7 Å². The van der Waals surface area contributed by atoms with Crippen molar-refractivity contribution in [3.05, 3.63) is 35.9 Å². The van der Waals surface area contributed by atoms with Gasteiger partial charge in [0.15, 0.2) is 0 Å². The molecule has 0 spiro atoms. The van der Waals surface area contributed by atoms with Gasteiger partial charge in [-0.05, 0) is 25.3 Å². The SMILES string of the molecule is COCC(C)N(C)C(=O)C(N)CCc1ccccc1. The minimum atomic E-state index is -0.454. The molecule has 1 rings (SSSR count). The first-order chi connectivity index (χ1) is 9.06. The van der Waals surface area contributed by atoms with Crippen LogP contribution >= 0.6 is 0 Å². The van der Waals surface area contributed by atoms with Crippen LogP contribution in [0.15, 0.2) is 30.3 Å². The van der Waals surface area contributed by atoms with Crippen LogP contribution in [0.25, 0.3) is 0 Å². The lowest BCUT2D eigenvalue weighted by Crippen LogP contribution is -2.47. The van der Waals surface area contributed by atoms with Gasteiger partial charge in [-0.15, -0.1) is 0 Å². The van der Waals surface area contributed by atoms with E-state index in [9.17, 15) is 4.79 Å². The molecule has 2 atom stereocenters. The van der Waals surface area contributed by atoms with Gasteiger partial charge >= 0.3 is 0 Å². The Morgan fingerprint density at radius 1 is 1.37 bits per heavy atom. The van der Waals surface area contributed by atoms with E-state index < -0.39 is 6.04 Å². The summed E-state index contributed by atoms with van der Waals surface area (Å²) in [7, 11) is 3.40. The Bertz CT molecular complexity index is 381. The molecule has 0 aliphatic heterocycles. The molecule has 0 heterocycles. The van der Waals surface area contributed by atoms with Gasteiger partial charge in [0.2, 0.25) is 5.91 Å². The van der Waals surface area contributed by atoms with E-state index in [4.69, 9.17) is 10.5 Å². The van der Waals surface area contributed by atoms with Crippen LogP contribution in [0.1, 0.15) is 18.9 Å². The van der Waals surface area contributed by atoms with Crippen LogP contribution in [0.3, 0.4) is 0 Å². The van der Waals surface area contributed by atoms with Crippen LogP contribution < -0.4 is 5.73 Å². The summed E-state index contributed by atoms with van der Waals surface area (Å²) in [6.07, 6.45) is 1.48. The van der Waals surface area contributed by atoms with Crippen molar-refractivity contribution in [2.24, 2.45) is 5.73 Å². The Morgan fingerprint density at radius 3 is 2.58 bits per heavy atom. The molecule has 0 saturated carbocycles. The maximum Gasteiger partial charge on any atom is 0.239 e. The van der Waals surface area contributed by atoms with Gasteiger partial charge in [-0.2, -0.15) is 0 Å². The third kappa shape index (κ3) is 5.01. The maximum absolute atomic E-state index is 12.1. The van der Waals surface area contributed by atoms with E-state index in [1.165, 1.54) is 5.56 Å². The summed E-state index contributed by atoms with van der Waals surface area (Å²) in [5, 5.41) is 0. The third-order valence-corrected chi connectivity index (χ3v) is 3.32. The largest absolute Gasteiger partial charge is 0.383 e. The number of nitrogens with zero attached hydrogens (tertiary/aromatic N) is 1. The molecule has 0 bridgehead atoms. The number of methoxy groups -OCH3 is 1. The lowest BCUT2D eigenvalue weighted by Gasteiger charge is -2.27. The highest BCUT2D eigenvalue weighted by molar-refractivity contribution is 5.81. The Hall–Kier alpha value is -1.39. The Kier molecular flexibility index (Phi) is 6.53. The van der Waals surface area contributed by atoms with E-state index in [-0.39, 0.29) is 11.9 Å². The number of rotatable bonds is 7. The number of benzene rings is 1. The number of ether oxygens (including phenoxy) is 1. The zero-order valence-electron chi connectivity index (χ0n) is 12.0. The van der Waals surface area contributed by atoms with Crippen molar-refractivity contribution in [2.45, 2.75) is 31.8 Å². The summed E-state index contributed by atoms with van der Waals surface area (Å²) in [5.41, 5.74) is 7.17. The highest BCUT2D eigenvalue weighted by Crippen LogP contribution is 2.07. The zero-order valence-corrected chi connectivity index (χ0v) is 12.0. The highest BCUT2D eigenvalue weighted by Gasteiger charge is 2.21. The smallest absolute Gasteiger partial charge is 0.239 e. The van der Waals surface area contributed by atoms with Crippen molar-refractivity contribution in [3.8, 4) is 0 Å². The Balaban J connectivity index is 2.44. The zero-order chi connectivity index (χ0) is 14.3. The molecule has 0 aromatic heterocycles. The van der Waals surface area contributed by atoms with Gasteiger partial charge < -0.3 is 15.4 Å². The molecule has 0 saturated heterocycles. The molecule has 4 heteroatoms. The summed E-state index contributed by atoms with van der Waals surface area (Å²) in [5.74, 6) is -0.0273. The minimum absolute atomic E-state index is 0.0273. The van der Waals surface area contributed by atoms with E-state index in [0.717, 1.165) is 6.42 Å². The lowest BCUT2D eigenvalue weighted by molar-refractivity contribution is -0.134. The van der Waals surface area contributed by atoms with Gasteiger partial charge in [-0.1, -0.05) is 30.3 Å².